The summed E-state index contributed by atoms with van der Waals surface area (Å²) in [5, 5.41) is 0. The number of methoxy groups -OCH3 is 2. The van der Waals surface area contributed by atoms with E-state index in [4.69, 9.17) is 14.2 Å². The van der Waals surface area contributed by atoms with Crippen LogP contribution in [0, 0.1) is 0 Å². The van der Waals surface area contributed by atoms with Crippen LogP contribution in [0.1, 0.15) is 43.4 Å². The first-order chi connectivity index (χ1) is 14.0. The maximum absolute atomic E-state index is 12.7. The summed E-state index contributed by atoms with van der Waals surface area (Å²) in [4.78, 5) is 40.3. The Kier molecular flexibility index (Phi) is 6.61. The van der Waals surface area contributed by atoms with Crippen molar-refractivity contribution in [2.24, 2.45) is 0 Å². The molecule has 1 aromatic carbocycles. The van der Waals surface area contributed by atoms with Gasteiger partial charge in [0.1, 0.15) is 0 Å². The maximum atomic E-state index is 12.7. The molecule has 1 saturated heterocycles. The minimum Gasteiger partial charge on any atom is -0.493 e. The minimum absolute atomic E-state index is 0.0552. The monoisotopic (exact) mass is 404 g/mol. The highest BCUT2D eigenvalue weighted by Gasteiger charge is 2.39. The van der Waals surface area contributed by atoms with Gasteiger partial charge >= 0.3 is 5.97 Å². The molecule has 8 nitrogen and oxygen atoms in total. The van der Waals surface area contributed by atoms with Gasteiger partial charge in [0.15, 0.2) is 11.5 Å². The molecule has 1 aromatic rings. The van der Waals surface area contributed by atoms with E-state index in [0.717, 1.165) is 17.5 Å². The fraction of sp³-hybridized carbons (Fsp3) is 0.571. The molecule has 2 aliphatic heterocycles. The van der Waals surface area contributed by atoms with Crippen LogP contribution in [-0.4, -0.2) is 68.0 Å². The molecule has 0 bridgehead atoms. The lowest BCUT2D eigenvalue weighted by atomic mass is 9.90. The van der Waals surface area contributed by atoms with Crippen molar-refractivity contribution in [3.63, 3.8) is 0 Å². The van der Waals surface area contributed by atoms with Gasteiger partial charge in [-0.3, -0.25) is 14.4 Å². The van der Waals surface area contributed by atoms with Gasteiger partial charge in [0.25, 0.3) is 0 Å². The summed E-state index contributed by atoms with van der Waals surface area (Å²) < 4.78 is 15.7. The highest BCUT2D eigenvalue weighted by molar-refractivity contribution is 5.87. The Labute approximate surface area is 170 Å². The van der Waals surface area contributed by atoms with Crippen LogP contribution in [0.15, 0.2) is 12.1 Å². The van der Waals surface area contributed by atoms with Crippen molar-refractivity contribution in [1.29, 1.82) is 0 Å². The Hall–Kier alpha value is -2.77. The zero-order chi connectivity index (χ0) is 21.0. The molecule has 2 aliphatic rings. The molecule has 0 aromatic heterocycles. The molecule has 1 atom stereocenters. The molecule has 0 N–H and O–H groups in total. The van der Waals surface area contributed by atoms with E-state index in [1.165, 1.54) is 0 Å². The first-order valence-corrected chi connectivity index (χ1v) is 9.96. The first kappa shape index (κ1) is 21.0. The molecule has 29 heavy (non-hydrogen) atoms. The number of benzene rings is 1. The van der Waals surface area contributed by atoms with Crippen molar-refractivity contribution in [2.75, 3.05) is 40.5 Å². The third-order valence-electron chi connectivity index (χ3n) is 5.47. The normalized spacial score (nSPS) is 18.0. The molecule has 2 heterocycles. The van der Waals surface area contributed by atoms with Crippen LogP contribution >= 0.6 is 0 Å². The Bertz CT molecular complexity index is 794. The fourth-order valence-corrected chi connectivity index (χ4v) is 4.02. The van der Waals surface area contributed by atoms with Crippen molar-refractivity contribution in [1.82, 2.24) is 9.80 Å². The van der Waals surface area contributed by atoms with Crippen molar-refractivity contribution in [3.8, 4) is 11.5 Å². The van der Waals surface area contributed by atoms with Gasteiger partial charge in [0.05, 0.1) is 33.4 Å². The molecule has 0 saturated carbocycles. The highest BCUT2D eigenvalue weighted by Crippen LogP contribution is 2.39. The lowest BCUT2D eigenvalue weighted by Crippen LogP contribution is -2.55. The van der Waals surface area contributed by atoms with Crippen LogP contribution in [0.5, 0.6) is 11.5 Å². The zero-order valence-electron chi connectivity index (χ0n) is 17.2. The maximum Gasteiger partial charge on any atom is 0.305 e. The van der Waals surface area contributed by atoms with Crippen LogP contribution in [0.4, 0.5) is 0 Å². The molecule has 1 unspecified atom stereocenters. The summed E-state index contributed by atoms with van der Waals surface area (Å²) >= 11 is 0. The number of hydrogen-bond acceptors (Lipinski definition) is 6. The number of piperazine rings is 1. The lowest BCUT2D eigenvalue weighted by Gasteiger charge is -2.44. The standard InChI is InChI=1S/C21H28N2O6/c1-4-29-21(26)7-5-6-19(24)22-12-16-15-11-18(28-3)17(27-2)10-14(15)8-9-23(16)20(25)13-22/h10-11,16H,4-9,12-13H2,1-3H3. The smallest absolute Gasteiger partial charge is 0.305 e. The molecule has 0 aliphatic carbocycles. The van der Waals surface area contributed by atoms with E-state index < -0.39 is 0 Å². The van der Waals surface area contributed by atoms with E-state index in [-0.39, 0.29) is 43.2 Å². The molecule has 2 amide bonds. The summed E-state index contributed by atoms with van der Waals surface area (Å²) in [7, 11) is 3.18. The number of carbonyl (C=O) groups is 3. The largest absolute Gasteiger partial charge is 0.493 e. The molecular weight excluding hydrogens is 376 g/mol. The van der Waals surface area contributed by atoms with Crippen molar-refractivity contribution in [2.45, 2.75) is 38.6 Å². The molecule has 8 heteroatoms. The van der Waals surface area contributed by atoms with Crippen LogP contribution in [0.2, 0.25) is 0 Å². The Morgan fingerprint density at radius 3 is 2.55 bits per heavy atom. The minimum atomic E-state index is -0.302. The van der Waals surface area contributed by atoms with Gasteiger partial charge in [0.2, 0.25) is 11.8 Å². The van der Waals surface area contributed by atoms with Crippen LogP contribution in [0.3, 0.4) is 0 Å². The quantitative estimate of drug-likeness (QED) is 0.643. The summed E-state index contributed by atoms with van der Waals surface area (Å²) in [5.74, 6) is 0.797. The van der Waals surface area contributed by atoms with Crippen LogP contribution in [-0.2, 0) is 25.5 Å². The van der Waals surface area contributed by atoms with E-state index in [9.17, 15) is 14.4 Å². The Balaban J connectivity index is 1.73. The Morgan fingerprint density at radius 1 is 1.14 bits per heavy atom. The number of esters is 1. The van der Waals surface area contributed by atoms with Crippen LogP contribution in [0.25, 0.3) is 0 Å². The van der Waals surface area contributed by atoms with Crippen molar-refractivity contribution in [3.05, 3.63) is 23.3 Å². The fourth-order valence-electron chi connectivity index (χ4n) is 4.02. The first-order valence-electron chi connectivity index (χ1n) is 9.96. The summed E-state index contributed by atoms with van der Waals surface area (Å²) in [6, 6.07) is 3.66. The second kappa shape index (κ2) is 9.15. The number of amides is 2. The number of ether oxygens (including phenoxy) is 3. The molecule has 0 radical (unpaired) electrons. The van der Waals surface area contributed by atoms with Gasteiger partial charge < -0.3 is 24.0 Å². The number of hydrogen-bond donors (Lipinski definition) is 0. The topological polar surface area (TPSA) is 85.4 Å². The van der Waals surface area contributed by atoms with E-state index in [1.807, 2.05) is 17.0 Å². The highest BCUT2D eigenvalue weighted by atomic mass is 16.5. The third kappa shape index (κ3) is 4.46. The summed E-state index contributed by atoms with van der Waals surface area (Å²) in [6.45, 7) is 3.22. The predicted octanol–water partition coefficient (Wildman–Crippen LogP) is 1.71. The number of carbonyl (C=O) groups excluding carboxylic acids is 3. The summed E-state index contributed by atoms with van der Waals surface area (Å²) in [6.07, 6.45) is 1.58. The molecule has 0 spiro atoms. The van der Waals surface area contributed by atoms with Gasteiger partial charge in [-0.05, 0) is 43.0 Å². The average Bonchev–Trinajstić information content (AvgIpc) is 2.72. The lowest BCUT2D eigenvalue weighted by molar-refractivity contribution is -0.150. The number of fused-ring (bicyclic) bond motifs is 3. The van der Waals surface area contributed by atoms with Gasteiger partial charge in [0, 0.05) is 25.9 Å². The average molecular weight is 404 g/mol. The van der Waals surface area contributed by atoms with E-state index in [1.54, 1.807) is 26.0 Å². The molecule has 158 valence electrons. The van der Waals surface area contributed by atoms with E-state index in [2.05, 4.69) is 0 Å². The predicted molar refractivity (Wildman–Crippen MR) is 105 cm³/mol. The SMILES string of the molecule is CCOC(=O)CCCC(=O)N1CC(=O)N2CCc3cc(OC)c(OC)cc3C2C1. The Morgan fingerprint density at radius 2 is 1.86 bits per heavy atom. The molecule has 3 rings (SSSR count). The second-order valence-corrected chi connectivity index (χ2v) is 7.19. The number of nitrogens with zero attached hydrogens (tertiary/aromatic N) is 2. The molecule has 1 fully saturated rings. The third-order valence-corrected chi connectivity index (χ3v) is 5.47. The van der Waals surface area contributed by atoms with E-state index >= 15 is 0 Å². The van der Waals surface area contributed by atoms with Crippen molar-refractivity contribution >= 4 is 17.8 Å². The van der Waals surface area contributed by atoms with Gasteiger partial charge in [-0.25, -0.2) is 0 Å². The van der Waals surface area contributed by atoms with Gasteiger partial charge in [-0.15, -0.1) is 0 Å². The van der Waals surface area contributed by atoms with Gasteiger partial charge in [-0.2, -0.15) is 0 Å². The second-order valence-electron chi connectivity index (χ2n) is 7.19. The zero-order valence-corrected chi connectivity index (χ0v) is 17.2. The molecular formula is C21H28N2O6. The van der Waals surface area contributed by atoms with Gasteiger partial charge in [-0.1, -0.05) is 0 Å². The van der Waals surface area contributed by atoms with Crippen LogP contribution < -0.4 is 9.47 Å². The summed E-state index contributed by atoms with van der Waals surface area (Å²) in [5.41, 5.74) is 2.10. The van der Waals surface area contributed by atoms with Crippen molar-refractivity contribution < 1.29 is 28.6 Å². The van der Waals surface area contributed by atoms with E-state index in [0.29, 0.717) is 37.6 Å². The number of rotatable bonds is 7.